The summed E-state index contributed by atoms with van der Waals surface area (Å²) in [5.41, 5.74) is 1.65. The van der Waals surface area contributed by atoms with Gasteiger partial charge < -0.3 is 25.4 Å². The highest BCUT2D eigenvalue weighted by atomic mass is 35.5. The van der Waals surface area contributed by atoms with E-state index in [9.17, 15) is 0 Å². The zero-order valence-corrected chi connectivity index (χ0v) is 20.1. The number of pyridine rings is 1. The normalized spacial score (nSPS) is 21.6. The van der Waals surface area contributed by atoms with Crippen molar-refractivity contribution < 1.29 is 9.47 Å². The third kappa shape index (κ3) is 7.24. The molecule has 2 aromatic heterocycles. The first-order chi connectivity index (χ1) is 16.2. The molecule has 0 atom stereocenters. The Balaban J connectivity index is 1.34. The van der Waals surface area contributed by atoms with Gasteiger partial charge in [0, 0.05) is 63.3 Å². The molecular weight excluding hydrogens is 440 g/mol. The maximum Gasteiger partial charge on any atom is 0.129 e. The number of nitrogens with zero attached hydrogens (tertiary/aromatic N) is 3. The Hall–Kier alpha value is -2.00. The molecule has 2 aromatic rings. The lowest BCUT2D eigenvalue weighted by atomic mass is 9.91. The zero-order chi connectivity index (χ0) is 22.9. The number of anilines is 2. The van der Waals surface area contributed by atoms with E-state index in [1.54, 1.807) is 19.6 Å². The number of ether oxygens (including phenoxy) is 2. The van der Waals surface area contributed by atoms with Crippen LogP contribution in [0.5, 0.6) is 0 Å². The van der Waals surface area contributed by atoms with Crippen molar-refractivity contribution in [3.8, 4) is 11.3 Å². The van der Waals surface area contributed by atoms with Crippen LogP contribution in [0, 0.1) is 5.92 Å². The Morgan fingerprint density at radius 3 is 2.58 bits per heavy atom. The van der Waals surface area contributed by atoms with Gasteiger partial charge in [-0.2, -0.15) is 0 Å². The van der Waals surface area contributed by atoms with E-state index in [0.29, 0.717) is 23.0 Å². The SMILES string of the molecule is COCCNC1CCC(Nc2cc(-c3cc(NCC4CCOCC4)ncn3)c(Cl)cn2)CC1. The number of methoxy groups -OCH3 is 1. The Bertz CT molecular complexity index is 872. The molecule has 1 saturated carbocycles. The van der Waals surface area contributed by atoms with Crippen molar-refractivity contribution in [1.82, 2.24) is 20.3 Å². The molecule has 2 fully saturated rings. The Kier molecular flexibility index (Phi) is 9.11. The van der Waals surface area contributed by atoms with Crippen molar-refractivity contribution in [2.45, 2.75) is 50.6 Å². The predicted octanol–water partition coefficient (Wildman–Crippen LogP) is 3.99. The number of aromatic nitrogens is 3. The summed E-state index contributed by atoms with van der Waals surface area (Å²) in [5, 5.41) is 11.2. The molecule has 1 aliphatic heterocycles. The predicted molar refractivity (Wildman–Crippen MR) is 132 cm³/mol. The van der Waals surface area contributed by atoms with E-state index >= 15 is 0 Å². The summed E-state index contributed by atoms with van der Waals surface area (Å²) in [4.78, 5) is 13.4. The second kappa shape index (κ2) is 12.5. The van der Waals surface area contributed by atoms with Gasteiger partial charge in [-0.1, -0.05) is 11.6 Å². The van der Waals surface area contributed by atoms with Gasteiger partial charge in [-0.25, -0.2) is 15.0 Å². The standard InChI is InChI=1S/C24H35ClN6O2/c1-32-11-8-26-18-2-4-19(5-3-18)31-24-12-20(21(25)15-28-24)22-13-23(30-16-29-22)27-14-17-6-9-33-10-7-17/h12-13,15-19,26H,2-11,14H2,1H3,(H,28,31)(H,27,29,30). The molecule has 0 radical (unpaired) electrons. The second-order valence-corrected chi connectivity index (χ2v) is 9.32. The molecule has 180 valence electrons. The minimum atomic E-state index is 0.411. The molecule has 33 heavy (non-hydrogen) atoms. The molecule has 1 saturated heterocycles. The van der Waals surface area contributed by atoms with Crippen LogP contribution in [-0.2, 0) is 9.47 Å². The lowest BCUT2D eigenvalue weighted by molar-refractivity contribution is 0.0699. The van der Waals surface area contributed by atoms with E-state index < -0.39 is 0 Å². The summed E-state index contributed by atoms with van der Waals surface area (Å²) >= 11 is 6.50. The first kappa shape index (κ1) is 24.1. The molecule has 0 spiro atoms. The van der Waals surface area contributed by atoms with Crippen LogP contribution in [0.2, 0.25) is 5.02 Å². The lowest BCUT2D eigenvalue weighted by Crippen LogP contribution is -2.38. The smallest absolute Gasteiger partial charge is 0.129 e. The highest BCUT2D eigenvalue weighted by molar-refractivity contribution is 6.33. The molecule has 0 aromatic carbocycles. The van der Waals surface area contributed by atoms with Crippen molar-refractivity contribution in [3.63, 3.8) is 0 Å². The van der Waals surface area contributed by atoms with Crippen molar-refractivity contribution in [3.05, 3.63) is 29.7 Å². The molecule has 0 amide bonds. The number of halogens is 1. The monoisotopic (exact) mass is 474 g/mol. The van der Waals surface area contributed by atoms with Crippen molar-refractivity contribution in [2.75, 3.05) is 50.7 Å². The van der Waals surface area contributed by atoms with Crippen LogP contribution in [0.1, 0.15) is 38.5 Å². The number of rotatable bonds is 10. The highest BCUT2D eigenvalue weighted by Crippen LogP contribution is 2.30. The van der Waals surface area contributed by atoms with Gasteiger partial charge in [0.15, 0.2) is 0 Å². The van der Waals surface area contributed by atoms with Gasteiger partial charge in [-0.3, -0.25) is 0 Å². The van der Waals surface area contributed by atoms with Gasteiger partial charge >= 0.3 is 0 Å². The van der Waals surface area contributed by atoms with E-state index in [1.807, 2.05) is 12.1 Å². The van der Waals surface area contributed by atoms with Crippen LogP contribution in [0.3, 0.4) is 0 Å². The minimum absolute atomic E-state index is 0.411. The second-order valence-electron chi connectivity index (χ2n) is 8.91. The van der Waals surface area contributed by atoms with Gasteiger partial charge in [0.05, 0.1) is 17.3 Å². The molecule has 0 unspecified atom stereocenters. The Labute approximate surface area is 201 Å². The first-order valence-corrected chi connectivity index (χ1v) is 12.4. The van der Waals surface area contributed by atoms with Crippen molar-refractivity contribution in [1.29, 1.82) is 0 Å². The van der Waals surface area contributed by atoms with Crippen LogP contribution < -0.4 is 16.0 Å². The Morgan fingerprint density at radius 2 is 1.79 bits per heavy atom. The average Bonchev–Trinajstić information content (AvgIpc) is 2.86. The number of hydrogen-bond acceptors (Lipinski definition) is 8. The summed E-state index contributed by atoms with van der Waals surface area (Å²) in [6.45, 7) is 4.24. The van der Waals surface area contributed by atoms with Gasteiger partial charge in [0.1, 0.15) is 18.0 Å². The third-order valence-electron chi connectivity index (χ3n) is 6.53. The minimum Gasteiger partial charge on any atom is -0.383 e. The summed E-state index contributed by atoms with van der Waals surface area (Å²) < 4.78 is 10.6. The first-order valence-electron chi connectivity index (χ1n) is 12.0. The maximum absolute atomic E-state index is 6.50. The van der Waals surface area contributed by atoms with Crippen LogP contribution in [0.4, 0.5) is 11.6 Å². The molecule has 8 nitrogen and oxygen atoms in total. The van der Waals surface area contributed by atoms with E-state index in [4.69, 9.17) is 21.1 Å². The van der Waals surface area contributed by atoms with Crippen molar-refractivity contribution >= 4 is 23.2 Å². The summed E-state index contributed by atoms with van der Waals surface area (Å²) in [7, 11) is 1.74. The molecule has 4 rings (SSSR count). The molecule has 9 heteroatoms. The van der Waals surface area contributed by atoms with Crippen LogP contribution in [0.15, 0.2) is 24.7 Å². The molecule has 2 aliphatic rings. The van der Waals surface area contributed by atoms with E-state index in [-0.39, 0.29) is 0 Å². The highest BCUT2D eigenvalue weighted by Gasteiger charge is 2.21. The van der Waals surface area contributed by atoms with E-state index in [2.05, 4.69) is 30.9 Å². The molecule has 3 heterocycles. The number of hydrogen-bond donors (Lipinski definition) is 3. The number of nitrogens with one attached hydrogen (secondary N) is 3. The van der Waals surface area contributed by atoms with Crippen LogP contribution in [0.25, 0.3) is 11.3 Å². The van der Waals surface area contributed by atoms with Gasteiger partial charge in [-0.05, 0) is 50.5 Å². The fourth-order valence-corrected chi connectivity index (χ4v) is 4.73. The van der Waals surface area contributed by atoms with E-state index in [0.717, 1.165) is 94.3 Å². The molecule has 0 bridgehead atoms. The fourth-order valence-electron chi connectivity index (χ4n) is 4.53. The fraction of sp³-hybridized carbons (Fsp3) is 0.625. The maximum atomic E-state index is 6.50. The average molecular weight is 475 g/mol. The Morgan fingerprint density at radius 1 is 1.00 bits per heavy atom. The molecule has 3 N–H and O–H groups in total. The van der Waals surface area contributed by atoms with Crippen LogP contribution in [-0.4, -0.2) is 67.1 Å². The van der Waals surface area contributed by atoms with Crippen LogP contribution >= 0.6 is 11.6 Å². The van der Waals surface area contributed by atoms with Gasteiger partial charge in [0.25, 0.3) is 0 Å². The molecular formula is C24H35ClN6O2. The lowest BCUT2D eigenvalue weighted by Gasteiger charge is -2.30. The zero-order valence-electron chi connectivity index (χ0n) is 19.4. The summed E-state index contributed by atoms with van der Waals surface area (Å²) in [6, 6.07) is 4.94. The van der Waals surface area contributed by atoms with Gasteiger partial charge in [0.2, 0.25) is 0 Å². The van der Waals surface area contributed by atoms with Crippen molar-refractivity contribution in [2.24, 2.45) is 5.92 Å². The third-order valence-corrected chi connectivity index (χ3v) is 6.83. The topological polar surface area (TPSA) is 93.2 Å². The van der Waals surface area contributed by atoms with Gasteiger partial charge in [-0.15, -0.1) is 0 Å². The summed E-state index contributed by atoms with van der Waals surface area (Å²) in [5.74, 6) is 2.26. The summed E-state index contributed by atoms with van der Waals surface area (Å²) in [6.07, 6.45) is 9.97. The molecule has 1 aliphatic carbocycles. The largest absolute Gasteiger partial charge is 0.383 e. The van der Waals surface area contributed by atoms with E-state index in [1.165, 1.54) is 0 Å². The quantitative estimate of drug-likeness (QED) is 0.445.